The topological polar surface area (TPSA) is 190 Å². The van der Waals surface area contributed by atoms with E-state index in [1.807, 2.05) is 43.7 Å². The zero-order valence-electron chi connectivity index (χ0n) is 23.7. The third kappa shape index (κ3) is 5.60. The van der Waals surface area contributed by atoms with Crippen LogP contribution in [0.5, 0.6) is 0 Å². The molecule has 6 aromatic heterocycles. The molecule has 14 heteroatoms. The first-order valence-corrected chi connectivity index (χ1v) is 12.9. The second-order valence-electron chi connectivity index (χ2n) is 10.1. The molecule has 5 N–H and O–H groups in total. The number of fused-ring (bicyclic) bond motifs is 3. The molecule has 40 heavy (non-hydrogen) atoms. The number of nitrogens with one attached hydrogen (secondary N) is 1. The van der Waals surface area contributed by atoms with E-state index < -0.39 is 0 Å². The molecule has 210 valence electrons. The Morgan fingerprint density at radius 2 is 1.45 bits per heavy atom. The minimum Gasteiger partial charge on any atom is -0.383 e. The Bertz CT molecular complexity index is 1720. The summed E-state index contributed by atoms with van der Waals surface area (Å²) in [7, 11) is 0. The molecule has 0 aromatic carbocycles. The third-order valence-electron chi connectivity index (χ3n) is 6.14. The molecule has 0 saturated heterocycles. The molecule has 0 saturated carbocycles. The first kappa shape index (κ1) is 28.1. The summed E-state index contributed by atoms with van der Waals surface area (Å²) in [5.41, 5.74) is 15.6. The van der Waals surface area contributed by atoms with Crippen LogP contribution in [0.3, 0.4) is 0 Å². The standard InChI is InChI=1S/C9H12N4O.C9H12N4.C8H11N5/c1-5(2)13-7-4-6(3)10-9(14)8(7)11-12-13;1-6(2)13-4-3-7-8(10)11-5-12-9(7)13;1-5(2)13-4-12-6-7(9)10-3-11-8(6)13/h4-5H,1-3H3,(H,10,14);3-6H,1-2H3,(H2,10,11,12);3-5H,1-2H3,(H2,9,10,11). The summed E-state index contributed by atoms with van der Waals surface area (Å²) in [6.07, 6.45) is 6.68. The average molecular weight is 546 g/mol. The number of hydrogen-bond acceptors (Lipinski definition) is 10. The van der Waals surface area contributed by atoms with Crippen molar-refractivity contribution >= 4 is 44.9 Å². The molecule has 0 spiro atoms. The van der Waals surface area contributed by atoms with Gasteiger partial charge in [0.2, 0.25) is 0 Å². The van der Waals surface area contributed by atoms with E-state index in [0.29, 0.717) is 34.8 Å². The Morgan fingerprint density at radius 3 is 2.10 bits per heavy atom. The molecule has 0 fully saturated rings. The van der Waals surface area contributed by atoms with Crippen molar-refractivity contribution < 1.29 is 0 Å². The Morgan fingerprint density at radius 1 is 0.800 bits per heavy atom. The number of nitrogens with two attached hydrogens (primary N) is 2. The predicted octanol–water partition coefficient (Wildman–Crippen LogP) is 3.59. The summed E-state index contributed by atoms with van der Waals surface area (Å²) >= 11 is 0. The molecular formula is C26H35N13O. The van der Waals surface area contributed by atoms with Crippen LogP contribution < -0.4 is 17.0 Å². The normalized spacial score (nSPS) is 11.3. The zero-order valence-corrected chi connectivity index (χ0v) is 23.7. The van der Waals surface area contributed by atoms with Crippen molar-refractivity contribution in [1.29, 1.82) is 0 Å². The van der Waals surface area contributed by atoms with Gasteiger partial charge >= 0.3 is 0 Å². The van der Waals surface area contributed by atoms with Crippen LogP contribution in [0, 0.1) is 6.92 Å². The fraction of sp³-hybridized carbons (Fsp3) is 0.385. The number of anilines is 2. The van der Waals surface area contributed by atoms with E-state index in [2.05, 4.69) is 72.5 Å². The van der Waals surface area contributed by atoms with E-state index in [1.165, 1.54) is 12.7 Å². The van der Waals surface area contributed by atoms with Crippen LogP contribution in [0.4, 0.5) is 11.6 Å². The van der Waals surface area contributed by atoms with Crippen LogP contribution in [0.2, 0.25) is 0 Å². The second kappa shape index (κ2) is 11.5. The Labute approximate surface area is 230 Å². The fourth-order valence-electron chi connectivity index (χ4n) is 4.11. The molecule has 6 rings (SSSR count). The van der Waals surface area contributed by atoms with E-state index >= 15 is 0 Å². The van der Waals surface area contributed by atoms with Crippen molar-refractivity contribution in [3.8, 4) is 0 Å². The van der Waals surface area contributed by atoms with E-state index in [4.69, 9.17) is 11.5 Å². The Hall–Kier alpha value is -4.88. The molecule has 6 heterocycles. The predicted molar refractivity (Wildman–Crippen MR) is 156 cm³/mol. The minimum absolute atomic E-state index is 0.174. The monoisotopic (exact) mass is 545 g/mol. The molecule has 0 amide bonds. The van der Waals surface area contributed by atoms with Crippen molar-refractivity contribution in [2.45, 2.75) is 66.6 Å². The first-order chi connectivity index (χ1) is 19.0. The highest BCUT2D eigenvalue weighted by atomic mass is 16.1. The number of aryl methyl sites for hydroxylation is 1. The van der Waals surface area contributed by atoms with Gasteiger partial charge in [0.25, 0.3) is 5.56 Å². The smallest absolute Gasteiger partial charge is 0.278 e. The maximum absolute atomic E-state index is 11.5. The molecule has 0 bridgehead atoms. The maximum Gasteiger partial charge on any atom is 0.278 e. The minimum atomic E-state index is -0.174. The van der Waals surface area contributed by atoms with Gasteiger partial charge in [-0.2, -0.15) is 0 Å². The highest BCUT2D eigenvalue weighted by molar-refractivity contribution is 5.86. The van der Waals surface area contributed by atoms with Gasteiger partial charge in [0.05, 0.1) is 17.2 Å². The highest BCUT2D eigenvalue weighted by Crippen LogP contribution is 2.21. The highest BCUT2D eigenvalue weighted by Gasteiger charge is 2.11. The molecule has 0 aliphatic heterocycles. The summed E-state index contributed by atoms with van der Waals surface area (Å²) in [4.78, 5) is 34.4. The van der Waals surface area contributed by atoms with Gasteiger partial charge in [-0.15, -0.1) is 5.10 Å². The summed E-state index contributed by atoms with van der Waals surface area (Å²) in [5.74, 6) is 0.980. The Kier molecular flexibility index (Phi) is 8.07. The van der Waals surface area contributed by atoms with Gasteiger partial charge < -0.3 is 25.6 Å². The summed E-state index contributed by atoms with van der Waals surface area (Å²) in [6.45, 7) is 14.2. The van der Waals surface area contributed by atoms with Crippen LogP contribution in [0.15, 0.2) is 42.1 Å². The van der Waals surface area contributed by atoms with Crippen LogP contribution in [0.1, 0.15) is 65.4 Å². The number of aromatic amines is 1. The van der Waals surface area contributed by atoms with Crippen LogP contribution in [0.25, 0.3) is 33.2 Å². The lowest BCUT2D eigenvalue weighted by Crippen LogP contribution is -2.08. The van der Waals surface area contributed by atoms with Crippen LogP contribution in [-0.2, 0) is 0 Å². The second-order valence-corrected chi connectivity index (χ2v) is 10.1. The van der Waals surface area contributed by atoms with Crippen LogP contribution >= 0.6 is 0 Å². The number of nitrogens with zero attached hydrogens (tertiary/aromatic N) is 10. The van der Waals surface area contributed by atoms with Crippen molar-refractivity contribution in [2.75, 3.05) is 11.5 Å². The SMILES string of the molecule is CC(C)n1ccc2c(N)ncnc21.CC(C)n1cnc2c(N)ncnc21.Cc1cc2c(nnn2C(C)C)c(=O)[nH]1. The molecule has 0 unspecified atom stereocenters. The van der Waals surface area contributed by atoms with Crippen molar-refractivity contribution in [2.24, 2.45) is 0 Å². The molecule has 0 aliphatic rings. The van der Waals surface area contributed by atoms with Gasteiger partial charge in [0, 0.05) is 30.0 Å². The van der Waals surface area contributed by atoms with Crippen molar-refractivity contribution in [3.05, 3.63) is 53.4 Å². The molecule has 0 aliphatic carbocycles. The number of pyridine rings is 1. The van der Waals surface area contributed by atoms with Gasteiger partial charge in [-0.05, 0) is 60.6 Å². The Balaban J connectivity index is 0.000000139. The lowest BCUT2D eigenvalue weighted by molar-refractivity contribution is 0.530. The molecule has 0 radical (unpaired) electrons. The molecule has 14 nitrogen and oxygen atoms in total. The van der Waals surface area contributed by atoms with Gasteiger partial charge in [0.15, 0.2) is 17.0 Å². The number of imidazole rings is 1. The molecule has 0 atom stereocenters. The first-order valence-electron chi connectivity index (χ1n) is 12.9. The lowest BCUT2D eigenvalue weighted by Gasteiger charge is -2.07. The van der Waals surface area contributed by atoms with E-state index in [9.17, 15) is 4.79 Å². The fourth-order valence-corrected chi connectivity index (χ4v) is 4.11. The third-order valence-corrected chi connectivity index (χ3v) is 6.14. The van der Waals surface area contributed by atoms with E-state index in [0.717, 1.165) is 27.9 Å². The van der Waals surface area contributed by atoms with E-state index in [-0.39, 0.29) is 11.6 Å². The largest absolute Gasteiger partial charge is 0.383 e. The molecular weight excluding hydrogens is 510 g/mol. The van der Waals surface area contributed by atoms with Crippen molar-refractivity contribution in [3.63, 3.8) is 0 Å². The lowest BCUT2D eigenvalue weighted by atomic mass is 10.3. The van der Waals surface area contributed by atoms with Gasteiger partial charge in [0.1, 0.15) is 29.6 Å². The summed E-state index contributed by atoms with van der Waals surface area (Å²) in [5, 5.41) is 8.72. The van der Waals surface area contributed by atoms with Crippen molar-refractivity contribution in [1.82, 2.24) is 54.0 Å². The van der Waals surface area contributed by atoms with Gasteiger partial charge in [-0.1, -0.05) is 5.21 Å². The molecule has 6 aromatic rings. The number of aromatic nitrogens is 11. The van der Waals surface area contributed by atoms with Gasteiger partial charge in [-0.3, -0.25) is 4.79 Å². The number of hydrogen-bond donors (Lipinski definition) is 3. The summed E-state index contributed by atoms with van der Waals surface area (Å²) in [6, 6.07) is 4.77. The number of rotatable bonds is 3. The van der Waals surface area contributed by atoms with E-state index in [1.54, 1.807) is 11.0 Å². The zero-order chi connectivity index (χ0) is 29.1. The quantitative estimate of drug-likeness (QED) is 0.296. The van der Waals surface area contributed by atoms with Crippen LogP contribution in [-0.4, -0.2) is 54.0 Å². The van der Waals surface area contributed by atoms with Gasteiger partial charge in [-0.25, -0.2) is 29.6 Å². The average Bonchev–Trinajstić information content (AvgIpc) is 3.62. The number of nitrogen functional groups attached to an aromatic ring is 2. The maximum atomic E-state index is 11.5. The number of H-pyrrole nitrogens is 1. The summed E-state index contributed by atoms with van der Waals surface area (Å²) < 4.78 is 5.79.